The summed E-state index contributed by atoms with van der Waals surface area (Å²) in [7, 11) is 0. The molecule has 158 valence electrons. The zero-order valence-electron chi connectivity index (χ0n) is 17.5. The first-order valence-corrected chi connectivity index (χ1v) is 10.7. The molecule has 0 spiro atoms. The van der Waals surface area contributed by atoms with Crippen LogP contribution in [0.2, 0.25) is 0 Å². The Kier molecular flexibility index (Phi) is 5.02. The van der Waals surface area contributed by atoms with Crippen LogP contribution < -0.4 is 15.8 Å². The molecule has 2 aliphatic heterocycles. The van der Waals surface area contributed by atoms with Gasteiger partial charge in [0.2, 0.25) is 0 Å². The number of piperidine rings is 1. The minimum Gasteiger partial charge on any atom is -0.370 e. The molecule has 3 aromatic heterocycles. The summed E-state index contributed by atoms with van der Waals surface area (Å²) in [6, 6.07) is 11.5. The molecule has 5 heterocycles. The van der Waals surface area contributed by atoms with Gasteiger partial charge in [0.25, 0.3) is 11.5 Å². The number of nitrogens with zero attached hydrogens (tertiary/aromatic N) is 4. The molecule has 0 unspecified atom stereocenters. The highest BCUT2D eigenvalue weighted by Gasteiger charge is 2.35. The van der Waals surface area contributed by atoms with Crippen LogP contribution in [0.5, 0.6) is 0 Å². The first-order valence-electron chi connectivity index (χ1n) is 10.7. The highest BCUT2D eigenvalue weighted by molar-refractivity contribution is 5.93. The van der Waals surface area contributed by atoms with Crippen LogP contribution in [0.4, 0.5) is 5.69 Å². The maximum Gasteiger partial charge on any atom is 0.263 e. The van der Waals surface area contributed by atoms with Gasteiger partial charge < -0.3 is 14.8 Å². The number of aromatic nitrogens is 3. The van der Waals surface area contributed by atoms with Gasteiger partial charge in [0.05, 0.1) is 0 Å². The molecule has 1 N–H and O–H groups in total. The van der Waals surface area contributed by atoms with Crippen LogP contribution in [0.15, 0.2) is 59.8 Å². The van der Waals surface area contributed by atoms with Gasteiger partial charge in [-0.25, -0.2) is 0 Å². The Hall–Kier alpha value is -3.48. The first kappa shape index (κ1) is 19.5. The summed E-state index contributed by atoms with van der Waals surface area (Å²) < 4.78 is 1.83. The molecule has 2 aliphatic rings. The molecule has 3 aromatic rings. The van der Waals surface area contributed by atoms with Crippen molar-refractivity contribution in [3.8, 4) is 0 Å². The number of nitrogens with one attached hydrogen (secondary N) is 1. The third-order valence-electron chi connectivity index (χ3n) is 6.27. The molecule has 1 amide bonds. The maximum absolute atomic E-state index is 13.2. The number of aryl methyl sites for hydroxylation is 1. The van der Waals surface area contributed by atoms with E-state index in [1.807, 2.05) is 35.9 Å². The number of carbonyl (C=O) groups excluding carboxylic acids is 1. The largest absolute Gasteiger partial charge is 0.370 e. The van der Waals surface area contributed by atoms with E-state index < -0.39 is 0 Å². The van der Waals surface area contributed by atoms with E-state index in [-0.39, 0.29) is 22.9 Å². The smallest absolute Gasteiger partial charge is 0.263 e. The molecule has 5 rings (SSSR count). The van der Waals surface area contributed by atoms with Crippen LogP contribution in [0.1, 0.15) is 39.6 Å². The number of hydrogen-bond acceptors (Lipinski definition) is 5. The van der Waals surface area contributed by atoms with E-state index in [1.165, 1.54) is 5.69 Å². The number of fused-ring (bicyclic) bond motifs is 4. The Morgan fingerprint density at radius 1 is 1.16 bits per heavy atom. The van der Waals surface area contributed by atoms with Crippen molar-refractivity contribution >= 4 is 11.6 Å². The molecule has 0 radical (unpaired) electrons. The van der Waals surface area contributed by atoms with Crippen LogP contribution in [-0.2, 0) is 13.1 Å². The number of pyridine rings is 3. The Bertz CT molecular complexity index is 1170. The average molecular weight is 415 g/mol. The van der Waals surface area contributed by atoms with Crippen molar-refractivity contribution in [2.45, 2.75) is 32.4 Å². The van der Waals surface area contributed by atoms with Gasteiger partial charge in [0.15, 0.2) is 0 Å². The molecule has 1 fully saturated rings. The van der Waals surface area contributed by atoms with E-state index in [4.69, 9.17) is 0 Å². The van der Waals surface area contributed by atoms with Gasteiger partial charge in [0, 0.05) is 67.8 Å². The Morgan fingerprint density at radius 2 is 2.06 bits per heavy atom. The minimum absolute atomic E-state index is 0.191. The zero-order chi connectivity index (χ0) is 21.4. The molecule has 7 heteroatoms. The maximum atomic E-state index is 13.2. The lowest BCUT2D eigenvalue weighted by Gasteiger charge is -2.44. The Balaban J connectivity index is 1.37. The summed E-state index contributed by atoms with van der Waals surface area (Å²) in [5, 5.41) is 2.84. The van der Waals surface area contributed by atoms with Crippen LogP contribution in [0, 0.1) is 12.8 Å². The van der Waals surface area contributed by atoms with Crippen molar-refractivity contribution in [1.82, 2.24) is 19.9 Å². The summed E-state index contributed by atoms with van der Waals surface area (Å²) in [6.45, 7) is 4.77. The topological polar surface area (TPSA) is 80.1 Å². The van der Waals surface area contributed by atoms with E-state index in [1.54, 1.807) is 18.5 Å². The molecule has 2 bridgehead atoms. The Morgan fingerprint density at radius 3 is 2.87 bits per heavy atom. The first-order chi connectivity index (χ1) is 15.1. The summed E-state index contributed by atoms with van der Waals surface area (Å²) >= 11 is 0. The van der Waals surface area contributed by atoms with E-state index in [0.717, 1.165) is 36.5 Å². The van der Waals surface area contributed by atoms with Crippen LogP contribution in [0.3, 0.4) is 0 Å². The van der Waals surface area contributed by atoms with Gasteiger partial charge in [-0.1, -0.05) is 6.07 Å². The summed E-state index contributed by atoms with van der Waals surface area (Å²) in [6.07, 6.45) is 6.32. The van der Waals surface area contributed by atoms with E-state index >= 15 is 0 Å². The lowest BCUT2D eigenvalue weighted by atomic mass is 9.82. The quantitative estimate of drug-likeness (QED) is 0.708. The fraction of sp³-hybridized carbons (Fsp3) is 0.333. The second kappa shape index (κ2) is 7.98. The third-order valence-corrected chi connectivity index (χ3v) is 6.27. The zero-order valence-corrected chi connectivity index (χ0v) is 17.5. The van der Waals surface area contributed by atoms with Gasteiger partial charge in [-0.15, -0.1) is 0 Å². The number of hydrogen-bond donors (Lipinski definition) is 1. The molecule has 0 aromatic carbocycles. The van der Waals surface area contributed by atoms with Crippen molar-refractivity contribution in [2.24, 2.45) is 5.92 Å². The highest BCUT2D eigenvalue weighted by Crippen LogP contribution is 2.37. The second-order valence-corrected chi connectivity index (χ2v) is 8.49. The molecule has 31 heavy (non-hydrogen) atoms. The van der Waals surface area contributed by atoms with E-state index in [9.17, 15) is 9.59 Å². The summed E-state index contributed by atoms with van der Waals surface area (Å²) in [5.41, 5.74) is 4.13. The van der Waals surface area contributed by atoms with Crippen LogP contribution in [0.25, 0.3) is 0 Å². The molecular formula is C24H25N5O2. The number of carbonyl (C=O) groups is 1. The van der Waals surface area contributed by atoms with Crippen LogP contribution in [-0.4, -0.2) is 33.5 Å². The standard InChI is InChI=1S/C24H25N5O2/c1-16-9-20(6-8-26-16)28-13-18-10-19(15-28)22-5-4-21(24(31)29(22)14-18)23(30)27-12-17-3-2-7-25-11-17/h2-9,11,18-19H,10,12-15H2,1H3,(H,27,30)/t18-,19+/m0/s1. The Labute approximate surface area is 180 Å². The molecule has 0 saturated carbocycles. The van der Waals surface area contributed by atoms with Gasteiger partial charge in [-0.2, -0.15) is 0 Å². The average Bonchev–Trinajstić information content (AvgIpc) is 2.79. The molecule has 2 atom stereocenters. The number of rotatable bonds is 4. The lowest BCUT2D eigenvalue weighted by molar-refractivity contribution is 0.0948. The van der Waals surface area contributed by atoms with Gasteiger partial charge in [0.1, 0.15) is 5.56 Å². The van der Waals surface area contributed by atoms with Crippen molar-refractivity contribution in [3.05, 3.63) is 87.9 Å². The third kappa shape index (κ3) is 3.83. The normalized spacial score (nSPS) is 19.6. The molecule has 1 saturated heterocycles. The number of amides is 1. The summed E-state index contributed by atoms with van der Waals surface area (Å²) in [4.78, 5) is 36.6. The predicted molar refractivity (Wildman–Crippen MR) is 118 cm³/mol. The van der Waals surface area contributed by atoms with Crippen molar-refractivity contribution in [3.63, 3.8) is 0 Å². The lowest BCUT2D eigenvalue weighted by Crippen LogP contribution is -2.48. The minimum atomic E-state index is -0.339. The monoisotopic (exact) mass is 415 g/mol. The molecular weight excluding hydrogens is 390 g/mol. The highest BCUT2D eigenvalue weighted by atomic mass is 16.2. The van der Waals surface area contributed by atoms with Crippen molar-refractivity contribution < 1.29 is 4.79 Å². The fourth-order valence-electron chi connectivity index (χ4n) is 4.84. The van der Waals surface area contributed by atoms with Gasteiger partial charge in [-0.3, -0.25) is 19.6 Å². The second-order valence-electron chi connectivity index (χ2n) is 8.49. The van der Waals surface area contributed by atoms with Gasteiger partial charge in [-0.05, 0) is 55.2 Å². The molecule has 7 nitrogen and oxygen atoms in total. The fourth-order valence-corrected chi connectivity index (χ4v) is 4.84. The summed E-state index contributed by atoms with van der Waals surface area (Å²) in [5.74, 6) is 0.320. The van der Waals surface area contributed by atoms with Crippen molar-refractivity contribution in [1.29, 1.82) is 0 Å². The molecule has 0 aliphatic carbocycles. The van der Waals surface area contributed by atoms with Gasteiger partial charge >= 0.3 is 0 Å². The van der Waals surface area contributed by atoms with Crippen LogP contribution >= 0.6 is 0 Å². The van der Waals surface area contributed by atoms with E-state index in [0.29, 0.717) is 19.0 Å². The number of anilines is 1. The SMILES string of the molecule is Cc1cc(N2C[C@@H]3C[C@H](C2)c2ccc(C(=O)NCc4cccnc4)c(=O)n2C3)ccn1. The van der Waals surface area contributed by atoms with E-state index in [2.05, 4.69) is 32.3 Å². The predicted octanol–water partition coefficient (Wildman–Crippen LogP) is 2.50. The van der Waals surface area contributed by atoms with Crippen molar-refractivity contribution in [2.75, 3.05) is 18.0 Å².